The van der Waals surface area contributed by atoms with Crippen LogP contribution in [-0.4, -0.2) is 13.4 Å². The van der Waals surface area contributed by atoms with Gasteiger partial charge in [0.15, 0.2) is 5.03 Å². The molecule has 16 heavy (non-hydrogen) atoms. The minimum absolute atomic E-state index is 0.487. The minimum atomic E-state index is -4.34. The van der Waals surface area contributed by atoms with Crippen LogP contribution in [0.1, 0.15) is 17.6 Å². The number of hydrogen-bond donors (Lipinski definition) is 1. The van der Waals surface area contributed by atoms with Gasteiger partial charge >= 0.3 is 0 Å². The van der Waals surface area contributed by atoms with Crippen molar-refractivity contribution >= 4 is 21.6 Å². The fraction of sp³-hybridized carbons (Fsp3) is 0.143. The predicted octanol–water partition coefficient (Wildman–Crippen LogP) is 1.19. The highest BCUT2D eigenvalue weighted by Crippen LogP contribution is 2.31. The van der Waals surface area contributed by atoms with Crippen LogP contribution < -0.4 is 5.14 Å². The first-order valence-corrected chi connectivity index (χ1v) is 5.61. The number of sulfonamides is 1. The second-order valence-corrected chi connectivity index (χ2v) is 4.54. The predicted molar refractivity (Wildman–Crippen MR) is 50.3 cm³/mol. The largest absolute Gasteiger partial charge is 0.266 e. The molecule has 0 aliphatic carbocycles. The van der Waals surface area contributed by atoms with E-state index in [1.807, 2.05) is 0 Å². The number of aromatic nitrogens is 1. The SMILES string of the molecule is N#Cc1c(S(N)(=O)=O)ncc(Cl)c1C(F)F. The molecule has 0 aliphatic rings. The number of halogens is 3. The third-order valence-electron chi connectivity index (χ3n) is 1.64. The van der Waals surface area contributed by atoms with Crippen molar-refractivity contribution in [3.05, 3.63) is 22.3 Å². The van der Waals surface area contributed by atoms with Gasteiger partial charge in [-0.2, -0.15) is 5.26 Å². The first-order chi connectivity index (χ1) is 7.29. The Morgan fingerprint density at radius 2 is 2.12 bits per heavy atom. The maximum atomic E-state index is 12.5. The van der Waals surface area contributed by atoms with Gasteiger partial charge in [0, 0.05) is 6.20 Å². The van der Waals surface area contributed by atoms with E-state index < -0.39 is 37.6 Å². The summed E-state index contributed by atoms with van der Waals surface area (Å²) in [6.45, 7) is 0. The van der Waals surface area contributed by atoms with Gasteiger partial charge in [-0.1, -0.05) is 11.6 Å². The second kappa shape index (κ2) is 4.29. The number of primary sulfonamides is 1. The summed E-state index contributed by atoms with van der Waals surface area (Å²) in [5, 5.41) is 12.0. The van der Waals surface area contributed by atoms with Crippen LogP contribution in [-0.2, 0) is 10.0 Å². The molecule has 5 nitrogen and oxygen atoms in total. The van der Waals surface area contributed by atoms with E-state index in [4.69, 9.17) is 22.0 Å². The van der Waals surface area contributed by atoms with Crippen molar-refractivity contribution in [1.29, 1.82) is 5.26 Å². The van der Waals surface area contributed by atoms with Gasteiger partial charge in [-0.15, -0.1) is 0 Å². The van der Waals surface area contributed by atoms with Crippen LogP contribution in [0.5, 0.6) is 0 Å². The lowest BCUT2D eigenvalue weighted by atomic mass is 10.1. The van der Waals surface area contributed by atoms with Gasteiger partial charge in [-0.25, -0.2) is 27.3 Å². The molecule has 1 rings (SSSR count). The molecular formula is C7H4ClF2N3O2S. The summed E-state index contributed by atoms with van der Waals surface area (Å²) < 4.78 is 47.0. The summed E-state index contributed by atoms with van der Waals surface area (Å²) in [6, 6.07) is 1.31. The molecule has 1 heterocycles. The average Bonchev–Trinajstić information content (AvgIpc) is 2.14. The van der Waals surface area contributed by atoms with Gasteiger partial charge < -0.3 is 0 Å². The quantitative estimate of drug-likeness (QED) is 0.870. The molecule has 0 bridgehead atoms. The minimum Gasteiger partial charge on any atom is -0.241 e. The highest BCUT2D eigenvalue weighted by Gasteiger charge is 2.26. The van der Waals surface area contributed by atoms with E-state index in [1.165, 1.54) is 6.07 Å². The third kappa shape index (κ3) is 2.27. The molecule has 1 aromatic heterocycles. The van der Waals surface area contributed by atoms with Crippen molar-refractivity contribution < 1.29 is 17.2 Å². The summed E-state index contributed by atoms with van der Waals surface area (Å²) in [4.78, 5) is 3.26. The number of alkyl halides is 2. The Balaban J connectivity index is 3.72. The lowest BCUT2D eigenvalue weighted by Gasteiger charge is -2.07. The molecule has 0 amide bonds. The van der Waals surface area contributed by atoms with Gasteiger partial charge in [0.1, 0.15) is 11.6 Å². The molecule has 9 heteroatoms. The van der Waals surface area contributed by atoms with Crippen LogP contribution in [0.3, 0.4) is 0 Å². The zero-order valence-electron chi connectivity index (χ0n) is 7.49. The Kier molecular flexibility index (Phi) is 3.42. The van der Waals surface area contributed by atoms with Gasteiger partial charge in [0.05, 0.1) is 10.6 Å². The summed E-state index contributed by atoms with van der Waals surface area (Å²) in [5.74, 6) is 0. The number of nitrogens with zero attached hydrogens (tertiary/aromatic N) is 2. The summed E-state index contributed by atoms with van der Waals surface area (Å²) in [7, 11) is -4.34. The molecule has 2 N–H and O–H groups in total. The zero-order valence-corrected chi connectivity index (χ0v) is 9.06. The normalized spacial score (nSPS) is 11.5. The van der Waals surface area contributed by atoms with Crippen LogP contribution in [0.4, 0.5) is 8.78 Å². The number of nitriles is 1. The molecule has 0 saturated heterocycles. The number of pyridine rings is 1. The van der Waals surface area contributed by atoms with Crippen LogP contribution >= 0.6 is 11.6 Å². The molecule has 0 fully saturated rings. The van der Waals surface area contributed by atoms with Gasteiger partial charge in [-0.3, -0.25) is 0 Å². The van der Waals surface area contributed by atoms with Gasteiger partial charge in [-0.05, 0) is 0 Å². The molecule has 0 aromatic carbocycles. The molecule has 0 unspecified atom stereocenters. The lowest BCUT2D eigenvalue weighted by Crippen LogP contribution is -2.17. The van der Waals surface area contributed by atoms with Gasteiger partial charge in [0.25, 0.3) is 16.4 Å². The number of rotatable bonds is 2. The smallest absolute Gasteiger partial charge is 0.241 e. The maximum Gasteiger partial charge on any atom is 0.266 e. The van der Waals surface area contributed by atoms with Crippen molar-refractivity contribution in [3.63, 3.8) is 0 Å². The van der Waals surface area contributed by atoms with E-state index in [2.05, 4.69) is 4.98 Å². The molecule has 1 aromatic rings. The van der Waals surface area contributed by atoms with E-state index in [0.717, 1.165) is 0 Å². The molecule has 0 radical (unpaired) electrons. The average molecular weight is 268 g/mol. The van der Waals surface area contributed by atoms with Crippen LogP contribution in [0, 0.1) is 11.3 Å². The third-order valence-corrected chi connectivity index (χ3v) is 2.78. The highest BCUT2D eigenvalue weighted by molar-refractivity contribution is 7.89. The molecule has 0 spiro atoms. The van der Waals surface area contributed by atoms with Crippen molar-refractivity contribution in [2.24, 2.45) is 5.14 Å². The summed E-state index contributed by atoms with van der Waals surface area (Å²) in [5.41, 5.74) is -1.71. The fourth-order valence-electron chi connectivity index (χ4n) is 1.02. The van der Waals surface area contributed by atoms with E-state index in [1.54, 1.807) is 0 Å². The van der Waals surface area contributed by atoms with Crippen LogP contribution in [0.2, 0.25) is 5.02 Å². The zero-order chi connectivity index (χ0) is 12.5. The maximum absolute atomic E-state index is 12.5. The summed E-state index contributed by atoms with van der Waals surface area (Å²) >= 11 is 5.40. The first-order valence-electron chi connectivity index (χ1n) is 3.68. The van der Waals surface area contributed by atoms with Crippen LogP contribution in [0.25, 0.3) is 0 Å². The Bertz CT molecular complexity index is 568. The van der Waals surface area contributed by atoms with Gasteiger partial charge in [0.2, 0.25) is 0 Å². The van der Waals surface area contributed by atoms with E-state index in [0.29, 0.717) is 6.20 Å². The standard InChI is InChI=1S/C7H4ClF2N3O2S/c8-4-2-13-7(16(12,14)15)3(1-11)5(4)6(9)10/h2,6H,(H2,12,14,15). The number of hydrogen-bond acceptors (Lipinski definition) is 4. The molecular weight excluding hydrogens is 264 g/mol. The fourth-order valence-corrected chi connectivity index (χ4v) is 1.89. The van der Waals surface area contributed by atoms with E-state index >= 15 is 0 Å². The topological polar surface area (TPSA) is 96.8 Å². The molecule has 0 saturated carbocycles. The Hall–Kier alpha value is -1.30. The Morgan fingerprint density at radius 1 is 1.56 bits per heavy atom. The van der Waals surface area contributed by atoms with Crippen molar-refractivity contribution in [2.75, 3.05) is 0 Å². The van der Waals surface area contributed by atoms with Crippen molar-refractivity contribution in [3.8, 4) is 6.07 Å². The van der Waals surface area contributed by atoms with E-state index in [9.17, 15) is 17.2 Å². The monoisotopic (exact) mass is 267 g/mol. The van der Waals surface area contributed by atoms with Crippen molar-refractivity contribution in [2.45, 2.75) is 11.5 Å². The second-order valence-electron chi connectivity index (χ2n) is 2.66. The molecule has 86 valence electrons. The Morgan fingerprint density at radius 3 is 2.50 bits per heavy atom. The first kappa shape index (κ1) is 12.8. The highest BCUT2D eigenvalue weighted by atomic mass is 35.5. The molecule has 0 aliphatic heterocycles. The van der Waals surface area contributed by atoms with Crippen LogP contribution in [0.15, 0.2) is 11.2 Å². The molecule has 0 atom stereocenters. The number of nitrogens with two attached hydrogens (primary N) is 1. The lowest BCUT2D eigenvalue weighted by molar-refractivity contribution is 0.150. The Labute approximate surface area is 94.5 Å². The van der Waals surface area contributed by atoms with Crippen molar-refractivity contribution in [1.82, 2.24) is 4.98 Å². The summed E-state index contributed by atoms with van der Waals surface area (Å²) in [6.07, 6.45) is -2.38. The van der Waals surface area contributed by atoms with E-state index in [-0.39, 0.29) is 0 Å².